The number of ether oxygens (including phenoxy) is 1. The summed E-state index contributed by atoms with van der Waals surface area (Å²) in [5.41, 5.74) is 1.19. The molecule has 0 saturated heterocycles. The third kappa shape index (κ3) is 2.51. The van der Waals surface area contributed by atoms with Gasteiger partial charge in [0.1, 0.15) is 6.61 Å². The third-order valence-corrected chi connectivity index (χ3v) is 3.70. The quantitative estimate of drug-likeness (QED) is 0.945. The minimum absolute atomic E-state index is 0.177. The molecule has 1 aliphatic rings. The van der Waals surface area contributed by atoms with E-state index >= 15 is 0 Å². The van der Waals surface area contributed by atoms with Gasteiger partial charge < -0.3 is 10.1 Å². The summed E-state index contributed by atoms with van der Waals surface area (Å²) < 4.78 is 7.05. The van der Waals surface area contributed by atoms with Gasteiger partial charge in [-0.05, 0) is 31.0 Å². The highest BCUT2D eigenvalue weighted by molar-refractivity contribution is 6.30. The number of hydrogen-bond donors (Lipinski definition) is 1. The van der Waals surface area contributed by atoms with Crippen molar-refractivity contribution >= 4 is 17.5 Å². The number of rotatable bonds is 3. The molecule has 6 heteroatoms. The number of nitrogens with one attached hydrogen (secondary N) is 1. The molecule has 0 spiro atoms. The van der Waals surface area contributed by atoms with Crippen molar-refractivity contribution in [3.8, 4) is 0 Å². The van der Waals surface area contributed by atoms with Crippen LogP contribution in [0, 0.1) is 0 Å². The molecular formula is C14H17ClN4O. The van der Waals surface area contributed by atoms with Crippen LogP contribution in [0.4, 0.5) is 5.95 Å². The van der Waals surface area contributed by atoms with E-state index in [1.807, 2.05) is 28.9 Å². The summed E-state index contributed by atoms with van der Waals surface area (Å²) in [4.78, 5) is 4.47. The molecule has 0 fully saturated rings. The molecule has 0 saturated carbocycles. The fourth-order valence-electron chi connectivity index (χ4n) is 2.55. The van der Waals surface area contributed by atoms with Gasteiger partial charge in [-0.3, -0.25) is 0 Å². The number of hydrogen-bond acceptors (Lipinski definition) is 4. The largest absolute Gasteiger partial charge is 0.377 e. The van der Waals surface area contributed by atoms with Crippen LogP contribution in [0.2, 0.25) is 5.02 Å². The van der Waals surface area contributed by atoms with E-state index in [4.69, 9.17) is 16.3 Å². The van der Waals surface area contributed by atoms with E-state index in [0.29, 0.717) is 18.5 Å². The first-order valence-electron chi connectivity index (χ1n) is 6.63. The highest BCUT2D eigenvalue weighted by Gasteiger charge is 2.28. The van der Waals surface area contributed by atoms with Gasteiger partial charge in [-0.1, -0.05) is 23.7 Å². The molecule has 1 aromatic heterocycles. The highest BCUT2D eigenvalue weighted by atomic mass is 35.5. The summed E-state index contributed by atoms with van der Waals surface area (Å²) >= 11 is 5.96. The lowest BCUT2D eigenvalue weighted by molar-refractivity contribution is 0.177. The van der Waals surface area contributed by atoms with E-state index in [-0.39, 0.29) is 6.04 Å². The molecule has 0 bridgehead atoms. The Balaban J connectivity index is 1.98. The van der Waals surface area contributed by atoms with Gasteiger partial charge in [0.05, 0.1) is 6.04 Å². The molecule has 5 nitrogen and oxygen atoms in total. The lowest BCUT2D eigenvalue weighted by Gasteiger charge is -2.29. The van der Waals surface area contributed by atoms with Crippen LogP contribution in [0.25, 0.3) is 0 Å². The summed E-state index contributed by atoms with van der Waals surface area (Å²) in [5.74, 6) is 1.50. The van der Waals surface area contributed by atoms with Crippen molar-refractivity contribution in [1.29, 1.82) is 0 Å². The molecule has 2 aromatic rings. The monoisotopic (exact) mass is 292 g/mol. The topological polar surface area (TPSA) is 52.0 Å². The van der Waals surface area contributed by atoms with Crippen molar-refractivity contribution < 1.29 is 4.74 Å². The Morgan fingerprint density at radius 1 is 1.40 bits per heavy atom. The van der Waals surface area contributed by atoms with E-state index in [0.717, 1.165) is 17.4 Å². The highest BCUT2D eigenvalue weighted by Crippen LogP contribution is 2.31. The number of fused-ring (bicyclic) bond motifs is 1. The summed E-state index contributed by atoms with van der Waals surface area (Å²) in [6.45, 7) is 2.57. The fourth-order valence-corrected chi connectivity index (χ4v) is 2.68. The molecule has 20 heavy (non-hydrogen) atoms. The molecule has 0 radical (unpaired) electrons. The number of methoxy groups -OCH3 is 1. The van der Waals surface area contributed by atoms with Gasteiger partial charge in [-0.25, -0.2) is 4.68 Å². The fraction of sp³-hybridized carbons (Fsp3) is 0.429. The number of aromatic nitrogens is 3. The standard InChI is InChI=1S/C14H17ClN4O/c1-9-7-12(10-3-5-11(15)6-4-10)19-14(16-9)17-13(18-19)8-20-2/h3-6,9,12H,7-8H2,1-2H3,(H,16,17,18). The van der Waals surface area contributed by atoms with Crippen molar-refractivity contribution in [2.75, 3.05) is 12.4 Å². The summed E-state index contributed by atoms with van der Waals surface area (Å²) in [5, 5.41) is 8.64. The number of anilines is 1. The molecule has 1 N–H and O–H groups in total. The zero-order chi connectivity index (χ0) is 14.1. The van der Waals surface area contributed by atoms with Crippen LogP contribution < -0.4 is 5.32 Å². The summed E-state index contributed by atoms with van der Waals surface area (Å²) in [7, 11) is 1.65. The Hall–Kier alpha value is -1.59. The number of halogens is 1. The molecule has 3 rings (SSSR count). The Kier molecular flexibility index (Phi) is 3.63. The number of nitrogens with zero attached hydrogens (tertiary/aromatic N) is 3. The van der Waals surface area contributed by atoms with Crippen LogP contribution in [0.1, 0.15) is 30.8 Å². The SMILES string of the molecule is COCc1nc2n(n1)C(c1ccc(Cl)cc1)CC(C)N2. The van der Waals surface area contributed by atoms with Crippen molar-refractivity contribution in [2.24, 2.45) is 0 Å². The van der Waals surface area contributed by atoms with Crippen LogP contribution in [0.15, 0.2) is 24.3 Å². The maximum atomic E-state index is 5.96. The predicted molar refractivity (Wildman–Crippen MR) is 78.0 cm³/mol. The normalized spacial score (nSPS) is 21.4. The first-order chi connectivity index (χ1) is 9.67. The Labute approximate surface area is 122 Å². The summed E-state index contributed by atoms with van der Waals surface area (Å²) in [6, 6.07) is 8.45. The average molecular weight is 293 g/mol. The van der Waals surface area contributed by atoms with Crippen molar-refractivity contribution in [3.05, 3.63) is 40.7 Å². The van der Waals surface area contributed by atoms with Gasteiger partial charge in [0.2, 0.25) is 5.95 Å². The predicted octanol–water partition coefficient (Wildman–Crippen LogP) is 2.87. The van der Waals surface area contributed by atoms with Gasteiger partial charge in [-0.2, -0.15) is 10.1 Å². The Morgan fingerprint density at radius 2 is 2.15 bits per heavy atom. The molecule has 2 atom stereocenters. The molecule has 0 aliphatic carbocycles. The maximum Gasteiger partial charge on any atom is 0.222 e. The molecule has 2 unspecified atom stereocenters. The maximum absolute atomic E-state index is 5.96. The van der Waals surface area contributed by atoms with Crippen molar-refractivity contribution in [3.63, 3.8) is 0 Å². The second kappa shape index (κ2) is 5.42. The molecular weight excluding hydrogens is 276 g/mol. The van der Waals surface area contributed by atoms with Gasteiger partial charge in [0.15, 0.2) is 5.82 Å². The van der Waals surface area contributed by atoms with Crippen molar-refractivity contribution in [1.82, 2.24) is 14.8 Å². The zero-order valence-electron chi connectivity index (χ0n) is 11.5. The first-order valence-corrected chi connectivity index (χ1v) is 7.01. The molecule has 1 aromatic carbocycles. The van der Waals surface area contributed by atoms with E-state index in [1.54, 1.807) is 7.11 Å². The Morgan fingerprint density at radius 3 is 2.85 bits per heavy atom. The number of benzene rings is 1. The molecule has 0 amide bonds. The minimum Gasteiger partial charge on any atom is -0.377 e. The zero-order valence-corrected chi connectivity index (χ0v) is 12.3. The summed E-state index contributed by atoms with van der Waals surface area (Å²) in [6.07, 6.45) is 0.963. The lowest BCUT2D eigenvalue weighted by atomic mass is 9.99. The van der Waals surface area contributed by atoms with Crippen LogP contribution >= 0.6 is 11.6 Å². The van der Waals surface area contributed by atoms with Gasteiger partial charge in [0.25, 0.3) is 0 Å². The van der Waals surface area contributed by atoms with Crippen LogP contribution in [-0.4, -0.2) is 27.9 Å². The van der Waals surface area contributed by atoms with Gasteiger partial charge >= 0.3 is 0 Å². The van der Waals surface area contributed by atoms with Gasteiger partial charge in [-0.15, -0.1) is 0 Å². The smallest absolute Gasteiger partial charge is 0.222 e. The Bertz CT molecular complexity index is 596. The van der Waals surface area contributed by atoms with E-state index < -0.39 is 0 Å². The van der Waals surface area contributed by atoms with Crippen LogP contribution in [-0.2, 0) is 11.3 Å². The van der Waals surface area contributed by atoms with Gasteiger partial charge in [0, 0.05) is 18.2 Å². The van der Waals surface area contributed by atoms with E-state index in [2.05, 4.69) is 22.3 Å². The first kappa shape index (κ1) is 13.4. The van der Waals surface area contributed by atoms with E-state index in [9.17, 15) is 0 Å². The van der Waals surface area contributed by atoms with E-state index in [1.165, 1.54) is 5.56 Å². The second-order valence-corrected chi connectivity index (χ2v) is 5.51. The molecule has 106 valence electrons. The van der Waals surface area contributed by atoms with Crippen LogP contribution in [0.3, 0.4) is 0 Å². The lowest BCUT2D eigenvalue weighted by Crippen LogP contribution is -2.31. The average Bonchev–Trinajstić information content (AvgIpc) is 2.81. The third-order valence-electron chi connectivity index (χ3n) is 3.45. The van der Waals surface area contributed by atoms with Crippen molar-refractivity contribution in [2.45, 2.75) is 32.0 Å². The molecule has 2 heterocycles. The molecule has 1 aliphatic heterocycles. The second-order valence-electron chi connectivity index (χ2n) is 5.08. The minimum atomic E-state index is 0.177. The van der Waals surface area contributed by atoms with Crippen LogP contribution in [0.5, 0.6) is 0 Å².